The Labute approximate surface area is 132 Å². The second-order valence-electron chi connectivity index (χ2n) is 5.72. The number of nitrogens with one attached hydrogen (secondary N) is 1. The standard InChI is InChI=1S/C18H23N3O/c1-15-6-5-7-16(12-15)8-9-20-14-17(13-19)18(22)21-10-3-2-4-11-21/h5-7,12,14,20H,2-4,8-11H2,1H3/b17-14-. The fourth-order valence-corrected chi connectivity index (χ4v) is 2.67. The Kier molecular flexibility index (Phi) is 6.02. The molecule has 0 aromatic heterocycles. The maximum absolute atomic E-state index is 12.2. The van der Waals surface area contributed by atoms with E-state index in [1.165, 1.54) is 17.5 Å². The SMILES string of the molecule is Cc1cccc(CCN/C=C(/C#N)C(=O)N2CCCCC2)c1. The third-order valence-corrected chi connectivity index (χ3v) is 3.88. The Morgan fingerprint density at radius 3 is 2.82 bits per heavy atom. The number of amides is 1. The highest BCUT2D eigenvalue weighted by Crippen LogP contribution is 2.11. The molecule has 1 aromatic rings. The first kappa shape index (κ1) is 16.1. The molecular formula is C18H23N3O. The van der Waals surface area contributed by atoms with Crippen LogP contribution in [0.4, 0.5) is 0 Å². The monoisotopic (exact) mass is 297 g/mol. The van der Waals surface area contributed by atoms with Crippen LogP contribution in [0.2, 0.25) is 0 Å². The molecule has 0 spiro atoms. The Morgan fingerprint density at radius 2 is 2.14 bits per heavy atom. The summed E-state index contributed by atoms with van der Waals surface area (Å²) in [5, 5.41) is 12.3. The maximum atomic E-state index is 12.2. The van der Waals surface area contributed by atoms with E-state index in [1.54, 1.807) is 11.1 Å². The minimum absolute atomic E-state index is 0.148. The Balaban J connectivity index is 1.84. The van der Waals surface area contributed by atoms with Gasteiger partial charge < -0.3 is 10.2 Å². The lowest BCUT2D eigenvalue weighted by Crippen LogP contribution is -2.36. The zero-order valence-electron chi connectivity index (χ0n) is 13.1. The molecule has 1 saturated heterocycles. The molecule has 1 fully saturated rings. The number of benzene rings is 1. The van der Waals surface area contributed by atoms with E-state index in [0.29, 0.717) is 6.54 Å². The highest BCUT2D eigenvalue weighted by Gasteiger charge is 2.19. The molecular weight excluding hydrogens is 274 g/mol. The minimum Gasteiger partial charge on any atom is -0.389 e. The summed E-state index contributed by atoms with van der Waals surface area (Å²) in [7, 11) is 0. The molecule has 0 radical (unpaired) electrons. The molecule has 0 atom stereocenters. The summed E-state index contributed by atoms with van der Waals surface area (Å²) in [4.78, 5) is 14.0. The second kappa shape index (κ2) is 8.23. The lowest BCUT2D eigenvalue weighted by Gasteiger charge is -2.26. The van der Waals surface area contributed by atoms with Crippen molar-refractivity contribution in [2.75, 3.05) is 19.6 Å². The van der Waals surface area contributed by atoms with Crippen LogP contribution < -0.4 is 5.32 Å². The predicted octanol–water partition coefficient (Wildman–Crippen LogP) is 2.55. The summed E-state index contributed by atoms with van der Waals surface area (Å²) < 4.78 is 0. The molecule has 22 heavy (non-hydrogen) atoms. The normalized spacial score (nSPS) is 15.3. The van der Waals surface area contributed by atoms with Crippen LogP contribution in [-0.4, -0.2) is 30.4 Å². The van der Waals surface area contributed by atoms with Crippen LogP contribution in [0.5, 0.6) is 0 Å². The first-order chi connectivity index (χ1) is 10.7. The number of nitrogens with zero attached hydrogens (tertiary/aromatic N) is 2. The van der Waals surface area contributed by atoms with E-state index >= 15 is 0 Å². The molecule has 1 heterocycles. The van der Waals surface area contributed by atoms with Gasteiger partial charge in [0.05, 0.1) is 0 Å². The lowest BCUT2D eigenvalue weighted by atomic mass is 10.1. The molecule has 2 rings (SSSR count). The van der Waals surface area contributed by atoms with Crippen molar-refractivity contribution < 1.29 is 4.79 Å². The third-order valence-electron chi connectivity index (χ3n) is 3.88. The maximum Gasteiger partial charge on any atom is 0.265 e. The predicted molar refractivity (Wildman–Crippen MR) is 87.0 cm³/mol. The highest BCUT2D eigenvalue weighted by atomic mass is 16.2. The van der Waals surface area contributed by atoms with Gasteiger partial charge in [0.25, 0.3) is 5.91 Å². The largest absolute Gasteiger partial charge is 0.389 e. The van der Waals surface area contributed by atoms with Gasteiger partial charge in [0.2, 0.25) is 0 Å². The Morgan fingerprint density at radius 1 is 1.36 bits per heavy atom. The van der Waals surface area contributed by atoms with E-state index < -0.39 is 0 Å². The van der Waals surface area contributed by atoms with E-state index in [2.05, 4.69) is 30.4 Å². The minimum atomic E-state index is -0.148. The van der Waals surface area contributed by atoms with Gasteiger partial charge in [-0.3, -0.25) is 4.79 Å². The number of carbonyl (C=O) groups excluding carboxylic acids is 1. The van der Waals surface area contributed by atoms with Crippen molar-refractivity contribution in [2.24, 2.45) is 0 Å². The van der Waals surface area contributed by atoms with Crippen LogP contribution >= 0.6 is 0 Å². The van der Waals surface area contributed by atoms with Gasteiger partial charge in [0.1, 0.15) is 11.6 Å². The molecule has 1 aromatic carbocycles. The van der Waals surface area contributed by atoms with Gasteiger partial charge in [0.15, 0.2) is 0 Å². The highest BCUT2D eigenvalue weighted by molar-refractivity contribution is 5.97. The van der Waals surface area contributed by atoms with E-state index in [4.69, 9.17) is 0 Å². The van der Waals surface area contributed by atoms with Crippen molar-refractivity contribution in [3.8, 4) is 6.07 Å². The van der Waals surface area contributed by atoms with Crippen molar-refractivity contribution in [1.29, 1.82) is 5.26 Å². The second-order valence-corrected chi connectivity index (χ2v) is 5.72. The number of hydrogen-bond donors (Lipinski definition) is 1. The van der Waals surface area contributed by atoms with Crippen LogP contribution in [0.25, 0.3) is 0 Å². The quantitative estimate of drug-likeness (QED) is 0.516. The summed E-state index contributed by atoms with van der Waals surface area (Å²) in [6.45, 7) is 4.31. The Bertz CT molecular complexity index is 580. The first-order valence-electron chi connectivity index (χ1n) is 7.89. The third kappa shape index (κ3) is 4.63. The molecule has 1 aliphatic heterocycles. The van der Waals surface area contributed by atoms with Gasteiger partial charge in [-0.2, -0.15) is 5.26 Å². The van der Waals surface area contributed by atoms with Crippen molar-refractivity contribution in [2.45, 2.75) is 32.6 Å². The molecule has 4 nitrogen and oxygen atoms in total. The molecule has 116 valence electrons. The van der Waals surface area contributed by atoms with Gasteiger partial charge in [-0.25, -0.2) is 0 Å². The summed E-state index contributed by atoms with van der Waals surface area (Å²) in [5.74, 6) is -0.148. The van der Waals surface area contributed by atoms with Crippen LogP contribution in [-0.2, 0) is 11.2 Å². The molecule has 0 aliphatic carbocycles. The van der Waals surface area contributed by atoms with Crippen molar-refractivity contribution in [1.82, 2.24) is 10.2 Å². The summed E-state index contributed by atoms with van der Waals surface area (Å²) in [5.41, 5.74) is 2.69. The van der Waals surface area contributed by atoms with E-state index in [1.807, 2.05) is 12.1 Å². The van der Waals surface area contributed by atoms with Crippen LogP contribution in [0.3, 0.4) is 0 Å². The van der Waals surface area contributed by atoms with Crippen LogP contribution in [0, 0.1) is 18.3 Å². The van der Waals surface area contributed by atoms with Gasteiger partial charge in [0, 0.05) is 25.8 Å². The molecule has 1 N–H and O–H groups in total. The topological polar surface area (TPSA) is 56.1 Å². The average Bonchev–Trinajstić information content (AvgIpc) is 2.55. The smallest absolute Gasteiger partial charge is 0.265 e. The van der Waals surface area contributed by atoms with Gasteiger partial charge >= 0.3 is 0 Å². The number of likely N-dealkylation sites (tertiary alicyclic amines) is 1. The van der Waals surface area contributed by atoms with E-state index in [0.717, 1.165) is 32.4 Å². The first-order valence-corrected chi connectivity index (χ1v) is 7.89. The number of rotatable bonds is 5. The number of nitriles is 1. The summed E-state index contributed by atoms with van der Waals surface area (Å²) in [6, 6.07) is 10.4. The van der Waals surface area contributed by atoms with E-state index in [9.17, 15) is 10.1 Å². The zero-order chi connectivity index (χ0) is 15.8. The van der Waals surface area contributed by atoms with Crippen LogP contribution in [0.1, 0.15) is 30.4 Å². The van der Waals surface area contributed by atoms with Crippen LogP contribution in [0.15, 0.2) is 36.0 Å². The van der Waals surface area contributed by atoms with E-state index in [-0.39, 0.29) is 11.5 Å². The number of aryl methyl sites for hydroxylation is 1. The fourth-order valence-electron chi connectivity index (χ4n) is 2.67. The zero-order valence-corrected chi connectivity index (χ0v) is 13.1. The summed E-state index contributed by atoms with van der Waals surface area (Å²) in [6.07, 6.45) is 5.67. The van der Waals surface area contributed by atoms with Crippen molar-refractivity contribution in [3.63, 3.8) is 0 Å². The molecule has 1 amide bonds. The van der Waals surface area contributed by atoms with Gasteiger partial charge in [-0.15, -0.1) is 0 Å². The van der Waals surface area contributed by atoms with Crippen molar-refractivity contribution in [3.05, 3.63) is 47.2 Å². The number of piperidine rings is 1. The Hall–Kier alpha value is -2.28. The molecule has 4 heteroatoms. The van der Waals surface area contributed by atoms with Gasteiger partial charge in [-0.1, -0.05) is 29.8 Å². The molecule has 0 bridgehead atoms. The van der Waals surface area contributed by atoms with Crippen molar-refractivity contribution >= 4 is 5.91 Å². The number of hydrogen-bond acceptors (Lipinski definition) is 3. The lowest BCUT2D eigenvalue weighted by molar-refractivity contribution is -0.127. The molecule has 0 saturated carbocycles. The van der Waals surface area contributed by atoms with Gasteiger partial charge in [-0.05, 0) is 38.2 Å². The summed E-state index contributed by atoms with van der Waals surface area (Å²) >= 11 is 0. The number of carbonyl (C=O) groups is 1. The average molecular weight is 297 g/mol. The molecule has 1 aliphatic rings. The fraction of sp³-hybridized carbons (Fsp3) is 0.444. The molecule has 0 unspecified atom stereocenters.